The Morgan fingerprint density at radius 3 is 2.33 bits per heavy atom. The van der Waals surface area contributed by atoms with Crippen LogP contribution in [-0.4, -0.2) is 33.5 Å². The first-order chi connectivity index (χ1) is 16.9. The Bertz CT molecular complexity index is 1320. The topological polar surface area (TPSA) is 75.7 Å². The number of amides is 1. The van der Waals surface area contributed by atoms with Gasteiger partial charge in [0.2, 0.25) is 5.91 Å². The number of carbonyl (C=O) groups excluding carboxylic acids is 1. The highest BCUT2D eigenvalue weighted by atomic mass is 35.5. The van der Waals surface area contributed by atoms with E-state index in [4.69, 9.17) is 16.3 Å². The molecule has 0 heterocycles. The molecule has 11 heteroatoms. The van der Waals surface area contributed by atoms with Gasteiger partial charge in [-0.15, -0.1) is 0 Å². The number of sulfonamides is 1. The zero-order chi connectivity index (χ0) is 26.5. The number of para-hydroxylation sites is 1. The van der Waals surface area contributed by atoms with E-state index in [1.807, 2.05) is 19.1 Å². The molecule has 0 saturated carbocycles. The zero-order valence-electron chi connectivity index (χ0n) is 19.4. The Balaban J connectivity index is 1.87. The third-order valence-corrected chi connectivity index (χ3v) is 7.24. The van der Waals surface area contributed by atoms with Crippen LogP contribution >= 0.6 is 11.6 Å². The molecule has 0 fully saturated rings. The van der Waals surface area contributed by atoms with Crippen LogP contribution in [0.15, 0.2) is 77.7 Å². The van der Waals surface area contributed by atoms with Gasteiger partial charge in [0.1, 0.15) is 18.9 Å². The van der Waals surface area contributed by atoms with Crippen molar-refractivity contribution in [1.29, 1.82) is 0 Å². The summed E-state index contributed by atoms with van der Waals surface area (Å²) in [6, 6.07) is 16.1. The van der Waals surface area contributed by atoms with Crippen molar-refractivity contribution in [1.82, 2.24) is 5.32 Å². The van der Waals surface area contributed by atoms with E-state index in [2.05, 4.69) is 5.32 Å². The fourth-order valence-electron chi connectivity index (χ4n) is 3.33. The Kier molecular flexibility index (Phi) is 8.52. The lowest BCUT2D eigenvalue weighted by atomic mass is 10.2. The normalized spacial score (nSPS) is 12.6. The lowest BCUT2D eigenvalue weighted by Gasteiger charge is -2.26. The van der Waals surface area contributed by atoms with Crippen LogP contribution in [0.5, 0.6) is 5.75 Å². The molecule has 36 heavy (non-hydrogen) atoms. The van der Waals surface area contributed by atoms with Crippen molar-refractivity contribution in [3.05, 3.63) is 88.9 Å². The maximum absolute atomic E-state index is 13.4. The molecule has 0 aliphatic rings. The average molecular weight is 541 g/mol. The van der Waals surface area contributed by atoms with E-state index in [1.165, 1.54) is 24.3 Å². The molecule has 1 N–H and O–H groups in total. The summed E-state index contributed by atoms with van der Waals surface area (Å²) in [4.78, 5) is 12.6. The van der Waals surface area contributed by atoms with Crippen LogP contribution < -0.4 is 14.4 Å². The van der Waals surface area contributed by atoms with Crippen LogP contribution in [0.2, 0.25) is 5.02 Å². The van der Waals surface area contributed by atoms with Gasteiger partial charge in [-0.05, 0) is 55.8 Å². The molecule has 3 aromatic rings. The van der Waals surface area contributed by atoms with Gasteiger partial charge in [-0.1, -0.05) is 48.0 Å². The van der Waals surface area contributed by atoms with Gasteiger partial charge in [0.25, 0.3) is 10.0 Å². The van der Waals surface area contributed by atoms with Gasteiger partial charge in [0.05, 0.1) is 27.2 Å². The van der Waals surface area contributed by atoms with Crippen molar-refractivity contribution < 1.29 is 31.1 Å². The summed E-state index contributed by atoms with van der Waals surface area (Å²) in [7, 11) is -4.44. The molecule has 0 saturated heterocycles. The number of anilines is 1. The summed E-state index contributed by atoms with van der Waals surface area (Å²) in [6.45, 7) is 2.81. The number of hydrogen-bond acceptors (Lipinski definition) is 4. The average Bonchev–Trinajstić information content (AvgIpc) is 2.82. The number of nitrogens with zero attached hydrogens (tertiary/aromatic N) is 1. The first-order valence-electron chi connectivity index (χ1n) is 10.8. The van der Waals surface area contributed by atoms with E-state index in [0.29, 0.717) is 16.1 Å². The second kappa shape index (κ2) is 11.2. The smallest absolute Gasteiger partial charge is 0.416 e. The predicted molar refractivity (Wildman–Crippen MR) is 132 cm³/mol. The number of aryl methyl sites for hydroxylation is 1. The second-order valence-corrected chi connectivity index (χ2v) is 10.3. The van der Waals surface area contributed by atoms with E-state index in [0.717, 1.165) is 17.7 Å². The van der Waals surface area contributed by atoms with Crippen LogP contribution in [-0.2, 0) is 21.0 Å². The molecular formula is C25H24ClF3N2O4S. The number of nitrogens with one attached hydrogen (secondary N) is 1. The maximum atomic E-state index is 13.4. The maximum Gasteiger partial charge on any atom is 0.416 e. The molecule has 6 nitrogen and oxygen atoms in total. The summed E-state index contributed by atoms with van der Waals surface area (Å²) in [6.07, 6.45) is -4.74. The predicted octanol–water partition coefficient (Wildman–Crippen LogP) is 5.45. The van der Waals surface area contributed by atoms with Gasteiger partial charge in [-0.25, -0.2) is 8.42 Å². The number of ether oxygens (including phenoxy) is 1. The van der Waals surface area contributed by atoms with Crippen molar-refractivity contribution in [2.45, 2.75) is 31.0 Å². The van der Waals surface area contributed by atoms with Gasteiger partial charge < -0.3 is 10.1 Å². The first kappa shape index (κ1) is 27.3. The van der Waals surface area contributed by atoms with Crippen molar-refractivity contribution in [3.63, 3.8) is 0 Å². The van der Waals surface area contributed by atoms with E-state index in [9.17, 15) is 26.4 Å². The number of hydrogen-bond donors (Lipinski definition) is 1. The van der Waals surface area contributed by atoms with Gasteiger partial charge in [0, 0.05) is 0 Å². The quantitative estimate of drug-likeness (QED) is 0.392. The fraction of sp³-hybridized carbons (Fsp3) is 0.240. The van der Waals surface area contributed by atoms with E-state index in [1.54, 1.807) is 25.1 Å². The van der Waals surface area contributed by atoms with Gasteiger partial charge in [-0.2, -0.15) is 13.2 Å². The molecule has 3 rings (SSSR count). The highest BCUT2D eigenvalue weighted by Gasteiger charge is 2.34. The highest BCUT2D eigenvalue weighted by Crippen LogP contribution is 2.37. The van der Waals surface area contributed by atoms with E-state index in [-0.39, 0.29) is 16.5 Å². The van der Waals surface area contributed by atoms with Crippen LogP contribution in [0.3, 0.4) is 0 Å². The summed E-state index contributed by atoms with van der Waals surface area (Å²) in [5.74, 6) is -0.119. The molecule has 0 radical (unpaired) electrons. The molecule has 1 unspecified atom stereocenters. The van der Waals surface area contributed by atoms with E-state index < -0.39 is 45.9 Å². The lowest BCUT2D eigenvalue weighted by molar-refractivity contribution is -0.137. The summed E-state index contributed by atoms with van der Waals surface area (Å²) in [5, 5.41) is 2.36. The molecule has 1 atom stereocenters. The zero-order valence-corrected chi connectivity index (χ0v) is 21.0. The lowest BCUT2D eigenvalue weighted by Crippen LogP contribution is -2.45. The number of halogens is 4. The molecule has 0 aromatic heterocycles. The summed E-state index contributed by atoms with van der Waals surface area (Å²) in [5.41, 5.74) is -0.666. The van der Waals surface area contributed by atoms with Crippen molar-refractivity contribution in [2.75, 3.05) is 17.5 Å². The SMILES string of the molecule is Cc1ccccc1OCC(C)NC(=O)CN(c1cc(C(F)(F)F)ccc1Cl)S(=O)(=O)c1ccccc1. The van der Waals surface area contributed by atoms with Crippen LogP contribution in [0.4, 0.5) is 18.9 Å². The van der Waals surface area contributed by atoms with Crippen LogP contribution in [0.25, 0.3) is 0 Å². The first-order valence-corrected chi connectivity index (χ1v) is 12.6. The summed E-state index contributed by atoms with van der Waals surface area (Å²) >= 11 is 6.13. The van der Waals surface area contributed by atoms with Crippen LogP contribution in [0.1, 0.15) is 18.1 Å². The van der Waals surface area contributed by atoms with Gasteiger partial charge in [0.15, 0.2) is 0 Å². The fourth-order valence-corrected chi connectivity index (χ4v) is 5.05. The van der Waals surface area contributed by atoms with Crippen LogP contribution in [0, 0.1) is 6.92 Å². The number of carbonyl (C=O) groups is 1. The third-order valence-electron chi connectivity index (χ3n) is 5.15. The highest BCUT2D eigenvalue weighted by molar-refractivity contribution is 7.92. The molecule has 0 spiro atoms. The molecule has 0 aliphatic heterocycles. The minimum atomic E-state index is -4.74. The molecule has 0 aliphatic carbocycles. The third kappa shape index (κ3) is 6.70. The largest absolute Gasteiger partial charge is 0.491 e. The van der Waals surface area contributed by atoms with Crippen molar-refractivity contribution in [3.8, 4) is 5.75 Å². The molecular weight excluding hydrogens is 517 g/mol. The summed E-state index contributed by atoms with van der Waals surface area (Å²) < 4.78 is 73.2. The van der Waals surface area contributed by atoms with Gasteiger partial charge >= 0.3 is 6.18 Å². The second-order valence-electron chi connectivity index (χ2n) is 8.03. The minimum absolute atomic E-state index is 0.0896. The molecule has 3 aromatic carbocycles. The Labute approximate surface area is 212 Å². The molecule has 0 bridgehead atoms. The standard InChI is InChI=1S/C25H24ClF3N2O4S/c1-17-8-6-7-11-23(17)35-16-18(2)30-24(32)15-31(36(33,34)20-9-4-3-5-10-20)22-14-19(25(27,28)29)12-13-21(22)26/h3-14,18H,15-16H2,1-2H3,(H,30,32). The molecule has 1 amide bonds. The Hall–Kier alpha value is -3.24. The number of alkyl halides is 3. The number of rotatable bonds is 9. The Morgan fingerprint density at radius 1 is 1.06 bits per heavy atom. The monoisotopic (exact) mass is 540 g/mol. The Morgan fingerprint density at radius 2 is 1.69 bits per heavy atom. The molecule has 192 valence electrons. The van der Waals surface area contributed by atoms with Gasteiger partial charge in [-0.3, -0.25) is 9.10 Å². The van der Waals surface area contributed by atoms with E-state index >= 15 is 0 Å². The number of benzene rings is 3. The van der Waals surface area contributed by atoms with Crippen molar-refractivity contribution in [2.24, 2.45) is 0 Å². The minimum Gasteiger partial charge on any atom is -0.491 e. The van der Waals surface area contributed by atoms with Crippen molar-refractivity contribution >= 4 is 33.2 Å².